The molecule has 0 fully saturated rings. The van der Waals surface area contributed by atoms with E-state index in [1.807, 2.05) is 39.0 Å². The van der Waals surface area contributed by atoms with E-state index in [9.17, 15) is 14.7 Å². The first-order valence-electron chi connectivity index (χ1n) is 10.5. The molecule has 8 heteroatoms. The minimum Gasteiger partial charge on any atom is -0.493 e. The summed E-state index contributed by atoms with van der Waals surface area (Å²) in [6, 6.07) is 12.9. The number of fused-ring (bicyclic) bond motifs is 1. The van der Waals surface area contributed by atoms with Crippen LogP contribution in [0.1, 0.15) is 37.8 Å². The first kappa shape index (κ1) is 23.0. The number of benzene rings is 2. The Morgan fingerprint density at radius 2 is 1.91 bits per heavy atom. The molecule has 0 spiro atoms. The number of carbonyl (C=O) groups excluding carboxylic acids is 2. The summed E-state index contributed by atoms with van der Waals surface area (Å²) in [5.41, 5.74) is 2.71. The standard InChI is InChI=1S/C24H27N3O5/c1-5-31-22(29)13-27-19-9-7-6-8-18(19)23(24(27)30)26-25-21(28)14-32-20-12-16(4)10-11-17(20)15(2)3/h6-12,15,30H,5,13-14H2,1-4H3. The van der Waals surface area contributed by atoms with Crippen molar-refractivity contribution < 1.29 is 24.2 Å². The quantitative estimate of drug-likeness (QED) is 0.393. The highest BCUT2D eigenvalue weighted by Crippen LogP contribution is 2.38. The number of aromatic hydroxyl groups is 1. The van der Waals surface area contributed by atoms with Gasteiger partial charge in [-0.1, -0.05) is 44.2 Å². The maximum absolute atomic E-state index is 12.3. The molecule has 0 bridgehead atoms. The Morgan fingerprint density at radius 1 is 1.16 bits per heavy atom. The van der Waals surface area contributed by atoms with Crippen LogP contribution in [0.25, 0.3) is 10.9 Å². The number of aromatic nitrogens is 1. The lowest BCUT2D eigenvalue weighted by atomic mass is 10.0. The summed E-state index contributed by atoms with van der Waals surface area (Å²) in [4.78, 5) is 24.2. The van der Waals surface area contributed by atoms with E-state index in [0.29, 0.717) is 16.7 Å². The van der Waals surface area contributed by atoms with Crippen LogP contribution >= 0.6 is 0 Å². The maximum atomic E-state index is 12.3. The second kappa shape index (κ2) is 10.1. The zero-order chi connectivity index (χ0) is 23.3. The molecular formula is C24H27N3O5. The summed E-state index contributed by atoms with van der Waals surface area (Å²) in [5, 5.41) is 18.9. The zero-order valence-corrected chi connectivity index (χ0v) is 18.7. The number of amides is 1. The van der Waals surface area contributed by atoms with Gasteiger partial charge in [-0.25, -0.2) is 0 Å². The normalized spacial score (nSPS) is 11.4. The van der Waals surface area contributed by atoms with E-state index in [0.717, 1.165) is 11.1 Å². The van der Waals surface area contributed by atoms with Crippen molar-refractivity contribution in [2.45, 2.75) is 40.2 Å². The molecule has 0 aliphatic rings. The summed E-state index contributed by atoms with van der Waals surface area (Å²) in [6.07, 6.45) is 0. The Kier molecular flexibility index (Phi) is 7.25. The van der Waals surface area contributed by atoms with Crippen LogP contribution in [0.2, 0.25) is 0 Å². The number of azo groups is 1. The van der Waals surface area contributed by atoms with Crippen LogP contribution in [0.15, 0.2) is 52.7 Å². The van der Waals surface area contributed by atoms with Crippen molar-refractivity contribution in [2.75, 3.05) is 13.2 Å². The average Bonchev–Trinajstić information content (AvgIpc) is 3.01. The highest BCUT2D eigenvalue weighted by molar-refractivity contribution is 5.96. The van der Waals surface area contributed by atoms with Crippen LogP contribution < -0.4 is 4.74 Å². The largest absolute Gasteiger partial charge is 0.493 e. The fraction of sp³-hybridized carbons (Fsp3) is 0.333. The molecule has 168 valence electrons. The van der Waals surface area contributed by atoms with Crippen molar-refractivity contribution in [3.05, 3.63) is 53.6 Å². The van der Waals surface area contributed by atoms with Gasteiger partial charge in [0, 0.05) is 5.39 Å². The van der Waals surface area contributed by atoms with Crippen molar-refractivity contribution >= 4 is 28.5 Å². The third-order valence-corrected chi connectivity index (χ3v) is 4.91. The van der Waals surface area contributed by atoms with E-state index in [1.54, 1.807) is 31.2 Å². The van der Waals surface area contributed by atoms with Gasteiger partial charge < -0.3 is 14.6 Å². The van der Waals surface area contributed by atoms with Gasteiger partial charge in [-0.05, 0) is 43.0 Å². The van der Waals surface area contributed by atoms with E-state index < -0.39 is 11.9 Å². The zero-order valence-electron chi connectivity index (χ0n) is 18.7. The van der Waals surface area contributed by atoms with Crippen molar-refractivity contribution in [1.82, 2.24) is 4.57 Å². The summed E-state index contributed by atoms with van der Waals surface area (Å²) in [5.74, 6) is -0.474. The number of aryl methyl sites for hydroxylation is 1. The van der Waals surface area contributed by atoms with Gasteiger partial charge in [0.25, 0.3) is 0 Å². The highest BCUT2D eigenvalue weighted by atomic mass is 16.5. The lowest BCUT2D eigenvalue weighted by molar-refractivity contribution is -0.143. The first-order valence-corrected chi connectivity index (χ1v) is 10.5. The number of carbonyl (C=O) groups is 2. The first-order chi connectivity index (χ1) is 15.3. The maximum Gasteiger partial charge on any atom is 0.326 e. The van der Waals surface area contributed by atoms with E-state index in [4.69, 9.17) is 9.47 Å². The van der Waals surface area contributed by atoms with Crippen LogP contribution in [0.4, 0.5) is 5.69 Å². The minimum absolute atomic E-state index is 0.108. The highest BCUT2D eigenvalue weighted by Gasteiger charge is 2.19. The Balaban J connectivity index is 1.80. The molecule has 1 N–H and O–H groups in total. The Hall–Kier alpha value is -3.68. The summed E-state index contributed by atoms with van der Waals surface area (Å²) in [6.45, 7) is 7.53. The van der Waals surface area contributed by atoms with Crippen molar-refractivity contribution in [3.8, 4) is 11.6 Å². The molecule has 3 aromatic rings. The Bertz CT molecular complexity index is 1160. The number of ether oxygens (including phenoxy) is 2. The molecule has 1 aromatic heterocycles. The molecule has 1 heterocycles. The van der Waals surface area contributed by atoms with E-state index in [-0.39, 0.29) is 37.2 Å². The van der Waals surface area contributed by atoms with Crippen LogP contribution in [-0.2, 0) is 20.9 Å². The van der Waals surface area contributed by atoms with Crippen molar-refractivity contribution in [3.63, 3.8) is 0 Å². The fourth-order valence-electron chi connectivity index (χ4n) is 3.38. The van der Waals surface area contributed by atoms with Gasteiger partial charge in [-0.3, -0.25) is 14.2 Å². The molecular weight excluding hydrogens is 410 g/mol. The second-order valence-corrected chi connectivity index (χ2v) is 7.66. The van der Waals surface area contributed by atoms with E-state index in [2.05, 4.69) is 10.2 Å². The van der Waals surface area contributed by atoms with Gasteiger partial charge >= 0.3 is 11.9 Å². The van der Waals surface area contributed by atoms with Crippen molar-refractivity contribution in [2.24, 2.45) is 10.2 Å². The van der Waals surface area contributed by atoms with Gasteiger partial charge in [0.2, 0.25) is 5.88 Å². The molecule has 0 saturated carbocycles. The van der Waals surface area contributed by atoms with Crippen LogP contribution in [0, 0.1) is 6.92 Å². The molecule has 3 rings (SSSR count). The SMILES string of the molecule is CCOC(=O)Cn1c(O)c(N=NC(=O)COc2cc(C)ccc2C(C)C)c2ccccc21. The number of hydrogen-bond acceptors (Lipinski definition) is 6. The number of hydrogen-bond donors (Lipinski definition) is 1. The molecule has 32 heavy (non-hydrogen) atoms. The predicted molar refractivity (Wildman–Crippen MR) is 121 cm³/mol. The van der Waals surface area contributed by atoms with Crippen LogP contribution in [-0.4, -0.2) is 34.8 Å². The Labute approximate surface area is 186 Å². The molecule has 0 aliphatic carbocycles. The lowest BCUT2D eigenvalue weighted by Gasteiger charge is -2.13. The second-order valence-electron chi connectivity index (χ2n) is 7.66. The number of nitrogens with zero attached hydrogens (tertiary/aromatic N) is 3. The lowest BCUT2D eigenvalue weighted by Crippen LogP contribution is -2.12. The fourth-order valence-corrected chi connectivity index (χ4v) is 3.38. The molecule has 0 unspecified atom stereocenters. The van der Waals surface area contributed by atoms with E-state index >= 15 is 0 Å². The van der Waals surface area contributed by atoms with Crippen LogP contribution in [0.3, 0.4) is 0 Å². The summed E-state index contributed by atoms with van der Waals surface area (Å²) in [7, 11) is 0. The third kappa shape index (κ3) is 5.14. The minimum atomic E-state index is -0.595. The molecule has 0 saturated heterocycles. The van der Waals surface area contributed by atoms with Gasteiger partial charge in [0.05, 0.1) is 12.1 Å². The van der Waals surface area contributed by atoms with Gasteiger partial charge in [0.15, 0.2) is 12.3 Å². The molecule has 8 nitrogen and oxygen atoms in total. The molecule has 0 atom stereocenters. The number of rotatable bonds is 8. The van der Waals surface area contributed by atoms with Gasteiger partial charge in [0.1, 0.15) is 12.3 Å². The average molecular weight is 437 g/mol. The molecule has 0 radical (unpaired) electrons. The Morgan fingerprint density at radius 3 is 2.62 bits per heavy atom. The molecule has 2 aromatic carbocycles. The predicted octanol–water partition coefficient (Wildman–Crippen LogP) is 5.03. The smallest absolute Gasteiger partial charge is 0.326 e. The topological polar surface area (TPSA) is 102 Å². The van der Waals surface area contributed by atoms with Crippen LogP contribution in [0.5, 0.6) is 11.6 Å². The molecule has 1 amide bonds. The third-order valence-electron chi connectivity index (χ3n) is 4.91. The van der Waals surface area contributed by atoms with Crippen molar-refractivity contribution in [1.29, 1.82) is 0 Å². The molecule has 0 aliphatic heterocycles. The monoisotopic (exact) mass is 437 g/mol. The van der Waals surface area contributed by atoms with E-state index in [1.165, 1.54) is 4.57 Å². The number of para-hydroxylation sites is 1. The van der Waals surface area contributed by atoms with Gasteiger partial charge in [-0.2, -0.15) is 0 Å². The van der Waals surface area contributed by atoms with Gasteiger partial charge in [-0.15, -0.1) is 10.2 Å². The summed E-state index contributed by atoms with van der Waals surface area (Å²) < 4.78 is 12.0. The summed E-state index contributed by atoms with van der Waals surface area (Å²) >= 11 is 0. The number of esters is 1.